The molecule has 0 aliphatic rings. The van der Waals surface area contributed by atoms with E-state index in [0.717, 1.165) is 10.6 Å². The summed E-state index contributed by atoms with van der Waals surface area (Å²) in [5.41, 5.74) is 0.281. The molecule has 0 fully saturated rings. The second-order valence-electron chi connectivity index (χ2n) is 4.48. The van der Waals surface area contributed by atoms with E-state index in [1.165, 1.54) is 12.1 Å². The molecule has 2 amide bonds. The predicted molar refractivity (Wildman–Crippen MR) is 85.3 cm³/mol. The summed E-state index contributed by atoms with van der Waals surface area (Å²) >= 11 is 5.84. The van der Waals surface area contributed by atoms with Gasteiger partial charge in [-0.2, -0.15) is 0 Å². The second-order valence-corrected chi connectivity index (χ2v) is 6.82. The van der Waals surface area contributed by atoms with E-state index >= 15 is 0 Å². The van der Waals surface area contributed by atoms with E-state index in [1.54, 1.807) is 19.1 Å². The number of nitrogens with one attached hydrogen (secondary N) is 2. The average Bonchev–Trinajstić information content (AvgIpc) is 2.41. The number of rotatable bonds is 7. The van der Waals surface area contributed by atoms with Crippen molar-refractivity contribution in [2.24, 2.45) is 0 Å². The lowest BCUT2D eigenvalue weighted by Crippen LogP contribution is -2.43. The van der Waals surface area contributed by atoms with E-state index in [1.807, 2.05) is 0 Å². The zero-order valence-electron chi connectivity index (χ0n) is 12.3. The number of likely N-dealkylation sites (N-methyl/N-ethyl adjacent to an activating group) is 1. The molecule has 0 aromatic heterocycles. The van der Waals surface area contributed by atoms with Crippen LogP contribution in [0.25, 0.3) is 0 Å². The molecule has 22 heavy (non-hydrogen) atoms. The lowest BCUT2D eigenvalue weighted by Gasteiger charge is -2.22. The van der Waals surface area contributed by atoms with Gasteiger partial charge in [0.25, 0.3) is 0 Å². The Morgan fingerprint density at radius 1 is 1.23 bits per heavy atom. The molecule has 9 heteroatoms. The monoisotopic (exact) mass is 347 g/mol. The van der Waals surface area contributed by atoms with Crippen LogP contribution in [0, 0.1) is 0 Å². The Kier molecular flexibility index (Phi) is 6.63. The highest BCUT2D eigenvalue weighted by molar-refractivity contribution is 7.92. The molecule has 2 N–H and O–H groups in total. The van der Waals surface area contributed by atoms with Crippen molar-refractivity contribution in [3.05, 3.63) is 29.3 Å². The van der Waals surface area contributed by atoms with E-state index < -0.39 is 22.5 Å². The van der Waals surface area contributed by atoms with E-state index in [-0.39, 0.29) is 18.1 Å². The normalized spacial score (nSPS) is 10.9. The molecule has 0 atom stereocenters. The summed E-state index contributed by atoms with van der Waals surface area (Å²) in [6.45, 7) is 1.56. The highest BCUT2D eigenvalue weighted by atomic mass is 35.5. The van der Waals surface area contributed by atoms with Crippen molar-refractivity contribution in [3.63, 3.8) is 0 Å². The van der Waals surface area contributed by atoms with Crippen LogP contribution in [0.3, 0.4) is 0 Å². The summed E-state index contributed by atoms with van der Waals surface area (Å²) in [4.78, 5) is 23.1. The summed E-state index contributed by atoms with van der Waals surface area (Å²) in [5, 5.41) is 5.24. The molecular formula is C13H18ClN3O4S. The molecule has 0 saturated carbocycles. The average molecular weight is 348 g/mol. The molecule has 1 aromatic carbocycles. The highest BCUT2D eigenvalue weighted by Crippen LogP contribution is 2.21. The maximum absolute atomic E-state index is 11.8. The fourth-order valence-electron chi connectivity index (χ4n) is 1.66. The van der Waals surface area contributed by atoms with Crippen molar-refractivity contribution in [2.45, 2.75) is 6.92 Å². The number of hydrogen-bond acceptors (Lipinski definition) is 4. The minimum atomic E-state index is -3.67. The molecule has 0 aliphatic heterocycles. The number of sulfonamides is 1. The SMILES string of the molecule is CCNC(=O)CNC(=O)CN(c1cccc(Cl)c1)S(C)(=O)=O. The third kappa shape index (κ3) is 5.90. The van der Waals surface area contributed by atoms with Gasteiger partial charge in [0, 0.05) is 11.6 Å². The lowest BCUT2D eigenvalue weighted by molar-refractivity contribution is -0.125. The number of carbonyl (C=O) groups is 2. The van der Waals surface area contributed by atoms with Crippen molar-refractivity contribution in [3.8, 4) is 0 Å². The van der Waals surface area contributed by atoms with Crippen molar-refractivity contribution < 1.29 is 18.0 Å². The van der Waals surface area contributed by atoms with Crippen LogP contribution in [0.4, 0.5) is 5.69 Å². The first-order valence-electron chi connectivity index (χ1n) is 6.50. The van der Waals surface area contributed by atoms with Crippen LogP contribution in [-0.2, 0) is 19.6 Å². The van der Waals surface area contributed by atoms with E-state index in [0.29, 0.717) is 11.6 Å². The summed E-state index contributed by atoms with van der Waals surface area (Å²) in [7, 11) is -3.67. The van der Waals surface area contributed by atoms with Gasteiger partial charge < -0.3 is 10.6 Å². The Morgan fingerprint density at radius 3 is 2.45 bits per heavy atom. The van der Waals surface area contributed by atoms with Crippen LogP contribution < -0.4 is 14.9 Å². The van der Waals surface area contributed by atoms with Gasteiger partial charge in [0.1, 0.15) is 6.54 Å². The fraction of sp³-hybridized carbons (Fsp3) is 0.385. The van der Waals surface area contributed by atoms with Gasteiger partial charge in [-0.25, -0.2) is 8.42 Å². The molecule has 1 rings (SSSR count). The number of nitrogens with zero attached hydrogens (tertiary/aromatic N) is 1. The molecule has 0 radical (unpaired) electrons. The quantitative estimate of drug-likeness (QED) is 0.744. The van der Waals surface area contributed by atoms with Crippen LogP contribution >= 0.6 is 11.6 Å². The zero-order valence-corrected chi connectivity index (χ0v) is 13.9. The molecule has 0 heterocycles. The number of hydrogen-bond donors (Lipinski definition) is 2. The molecule has 0 spiro atoms. The maximum Gasteiger partial charge on any atom is 0.241 e. The number of benzene rings is 1. The first-order chi connectivity index (χ1) is 10.2. The maximum atomic E-state index is 11.8. The first-order valence-corrected chi connectivity index (χ1v) is 8.73. The molecule has 7 nitrogen and oxygen atoms in total. The number of anilines is 1. The van der Waals surface area contributed by atoms with Crippen LogP contribution in [0.1, 0.15) is 6.92 Å². The van der Waals surface area contributed by atoms with Gasteiger partial charge in [-0.3, -0.25) is 13.9 Å². The van der Waals surface area contributed by atoms with E-state index in [4.69, 9.17) is 11.6 Å². The van der Waals surface area contributed by atoms with Gasteiger partial charge in [-0.15, -0.1) is 0 Å². The van der Waals surface area contributed by atoms with E-state index in [2.05, 4.69) is 10.6 Å². The topological polar surface area (TPSA) is 95.6 Å². The van der Waals surface area contributed by atoms with Crippen molar-refractivity contribution in [1.29, 1.82) is 0 Å². The smallest absolute Gasteiger partial charge is 0.241 e. The Balaban J connectivity index is 2.79. The van der Waals surface area contributed by atoms with Gasteiger partial charge in [0.15, 0.2) is 0 Å². The van der Waals surface area contributed by atoms with Crippen LogP contribution in [0.2, 0.25) is 5.02 Å². The lowest BCUT2D eigenvalue weighted by atomic mass is 10.3. The van der Waals surface area contributed by atoms with Crippen LogP contribution in [-0.4, -0.2) is 46.1 Å². The van der Waals surface area contributed by atoms with Gasteiger partial charge >= 0.3 is 0 Å². The fourth-order valence-corrected chi connectivity index (χ4v) is 2.69. The Morgan fingerprint density at radius 2 is 1.91 bits per heavy atom. The van der Waals surface area contributed by atoms with Crippen molar-refractivity contribution >= 4 is 39.1 Å². The molecule has 1 aromatic rings. The Labute approximate surface area is 134 Å². The third-order valence-electron chi connectivity index (χ3n) is 2.60. The summed E-state index contributed by atoms with van der Waals surface area (Å²) in [6, 6.07) is 6.16. The van der Waals surface area contributed by atoms with Crippen LogP contribution in [0.15, 0.2) is 24.3 Å². The minimum Gasteiger partial charge on any atom is -0.355 e. The van der Waals surface area contributed by atoms with Gasteiger partial charge in [0.2, 0.25) is 21.8 Å². The largest absolute Gasteiger partial charge is 0.355 e. The highest BCUT2D eigenvalue weighted by Gasteiger charge is 2.21. The Bertz CT molecular complexity index is 648. The molecule has 122 valence electrons. The molecule has 0 unspecified atom stereocenters. The van der Waals surface area contributed by atoms with E-state index in [9.17, 15) is 18.0 Å². The predicted octanol–water partition coefficient (Wildman–Crippen LogP) is 0.358. The number of amides is 2. The van der Waals surface area contributed by atoms with Gasteiger partial charge in [0.05, 0.1) is 18.5 Å². The Hall–Kier alpha value is -1.80. The van der Waals surface area contributed by atoms with Gasteiger partial charge in [-0.05, 0) is 25.1 Å². The number of carbonyl (C=O) groups excluding carboxylic acids is 2. The second kappa shape index (κ2) is 8.00. The van der Waals surface area contributed by atoms with Crippen LogP contribution in [0.5, 0.6) is 0 Å². The minimum absolute atomic E-state index is 0.209. The molecule has 0 bridgehead atoms. The summed E-state index contributed by atoms with van der Waals surface area (Å²) in [6.07, 6.45) is 0.991. The molecule has 0 saturated heterocycles. The standard InChI is InChI=1S/C13H18ClN3O4S/c1-3-15-12(18)8-16-13(19)9-17(22(2,20)21)11-6-4-5-10(14)7-11/h4-7H,3,8-9H2,1-2H3,(H,15,18)(H,16,19). The third-order valence-corrected chi connectivity index (χ3v) is 3.98. The van der Waals surface area contributed by atoms with Crippen molar-refractivity contribution in [2.75, 3.05) is 30.2 Å². The first kappa shape index (κ1) is 18.2. The van der Waals surface area contributed by atoms with Gasteiger partial charge in [-0.1, -0.05) is 17.7 Å². The molecule has 0 aliphatic carbocycles. The molecular weight excluding hydrogens is 330 g/mol. The zero-order chi connectivity index (χ0) is 16.8. The van der Waals surface area contributed by atoms with Crippen molar-refractivity contribution in [1.82, 2.24) is 10.6 Å². The summed E-state index contributed by atoms with van der Waals surface area (Å²) in [5.74, 6) is -0.929. The number of halogens is 1. The summed E-state index contributed by atoms with van der Waals surface area (Å²) < 4.78 is 24.6.